The Morgan fingerprint density at radius 1 is 1.25 bits per heavy atom. The number of para-hydroxylation sites is 2. The van der Waals surface area contributed by atoms with Gasteiger partial charge in [0.2, 0.25) is 0 Å². The summed E-state index contributed by atoms with van der Waals surface area (Å²) in [6.07, 6.45) is 5.41. The molecular weight excluding hydrogens is 304 g/mol. The number of nitrogens with zero attached hydrogens (tertiary/aromatic N) is 4. The predicted octanol–water partition coefficient (Wildman–Crippen LogP) is 2.44. The van der Waals surface area contributed by atoms with Gasteiger partial charge in [0.1, 0.15) is 17.6 Å². The topological polar surface area (TPSA) is 79.0 Å². The number of ether oxygens (including phenoxy) is 1. The number of hydrogen-bond donors (Lipinski definition) is 2. The van der Waals surface area contributed by atoms with Crippen molar-refractivity contribution in [2.75, 3.05) is 30.4 Å². The average Bonchev–Trinajstić information content (AvgIpc) is 3.12. The van der Waals surface area contributed by atoms with Crippen LogP contribution in [0.3, 0.4) is 0 Å². The first-order valence-corrected chi connectivity index (χ1v) is 8.14. The van der Waals surface area contributed by atoms with E-state index in [0.717, 1.165) is 48.7 Å². The summed E-state index contributed by atoms with van der Waals surface area (Å²) in [7, 11) is 1.72. The van der Waals surface area contributed by atoms with E-state index in [9.17, 15) is 0 Å². The Labute approximate surface area is 140 Å². The van der Waals surface area contributed by atoms with Crippen LogP contribution in [0.2, 0.25) is 0 Å². The van der Waals surface area contributed by atoms with E-state index in [1.807, 2.05) is 18.2 Å². The van der Waals surface area contributed by atoms with Gasteiger partial charge in [0.25, 0.3) is 0 Å². The number of hydrogen-bond acceptors (Lipinski definition) is 6. The van der Waals surface area contributed by atoms with Gasteiger partial charge in [-0.15, -0.1) is 0 Å². The molecule has 124 valence electrons. The molecular formula is C17H20N6O. The Bertz CT molecular complexity index is 833. The zero-order valence-corrected chi connectivity index (χ0v) is 13.6. The molecule has 1 saturated heterocycles. The number of benzene rings is 1. The van der Waals surface area contributed by atoms with E-state index in [2.05, 4.69) is 36.2 Å². The van der Waals surface area contributed by atoms with Gasteiger partial charge in [0.15, 0.2) is 11.5 Å². The summed E-state index contributed by atoms with van der Waals surface area (Å²) >= 11 is 0. The molecule has 0 aliphatic carbocycles. The third-order valence-corrected chi connectivity index (χ3v) is 4.41. The number of rotatable bonds is 4. The lowest BCUT2D eigenvalue weighted by atomic mass is 10.0. The highest BCUT2D eigenvalue weighted by Crippen LogP contribution is 2.30. The van der Waals surface area contributed by atoms with Crippen LogP contribution in [-0.2, 0) is 0 Å². The van der Waals surface area contributed by atoms with Crippen molar-refractivity contribution in [3.05, 3.63) is 36.9 Å². The SMILES string of the molecule is COc1ccccc1N1CCCC(Nc2ncnc3nc[nH]c23)C1. The van der Waals surface area contributed by atoms with Crippen LogP contribution in [0.25, 0.3) is 11.2 Å². The first kappa shape index (κ1) is 14.7. The maximum atomic E-state index is 5.50. The Kier molecular flexibility index (Phi) is 3.90. The summed E-state index contributed by atoms with van der Waals surface area (Å²) in [6.45, 7) is 1.93. The van der Waals surface area contributed by atoms with Crippen LogP contribution in [0.1, 0.15) is 12.8 Å². The summed E-state index contributed by atoms with van der Waals surface area (Å²) < 4.78 is 5.50. The number of methoxy groups -OCH3 is 1. The molecule has 1 aliphatic heterocycles. The summed E-state index contributed by atoms with van der Waals surface area (Å²) in [4.78, 5) is 18.2. The van der Waals surface area contributed by atoms with E-state index in [1.54, 1.807) is 19.8 Å². The van der Waals surface area contributed by atoms with Crippen molar-refractivity contribution in [2.45, 2.75) is 18.9 Å². The standard InChI is InChI=1S/C17H20N6O/c1-24-14-7-3-2-6-13(14)23-8-4-5-12(9-23)22-17-15-16(19-10-18-15)20-11-21-17/h2-3,6-7,10-12H,4-5,8-9H2,1H3,(H2,18,19,20,21,22). The Hall–Kier alpha value is -2.83. The normalized spacial score (nSPS) is 17.9. The number of aromatic amines is 1. The molecule has 3 heterocycles. The lowest BCUT2D eigenvalue weighted by Gasteiger charge is -2.35. The van der Waals surface area contributed by atoms with Gasteiger partial charge in [-0.25, -0.2) is 15.0 Å². The highest BCUT2D eigenvalue weighted by Gasteiger charge is 2.23. The van der Waals surface area contributed by atoms with Crippen LogP contribution < -0.4 is 15.0 Å². The van der Waals surface area contributed by atoms with Crippen molar-refractivity contribution in [2.24, 2.45) is 0 Å². The van der Waals surface area contributed by atoms with Crippen molar-refractivity contribution in [1.82, 2.24) is 19.9 Å². The summed E-state index contributed by atoms with van der Waals surface area (Å²) in [5.74, 6) is 1.72. The minimum Gasteiger partial charge on any atom is -0.495 e. The molecule has 24 heavy (non-hydrogen) atoms. The maximum Gasteiger partial charge on any atom is 0.182 e. The molecule has 1 aliphatic rings. The van der Waals surface area contributed by atoms with Crippen LogP contribution in [0, 0.1) is 0 Å². The fourth-order valence-electron chi connectivity index (χ4n) is 3.27. The fourth-order valence-corrected chi connectivity index (χ4v) is 3.27. The zero-order chi connectivity index (χ0) is 16.4. The number of piperidine rings is 1. The van der Waals surface area contributed by atoms with Gasteiger partial charge in [-0.2, -0.15) is 0 Å². The molecule has 1 fully saturated rings. The minimum atomic E-state index is 0.310. The molecule has 0 saturated carbocycles. The number of fused-ring (bicyclic) bond motifs is 1. The Morgan fingerprint density at radius 2 is 2.17 bits per heavy atom. The van der Waals surface area contributed by atoms with Gasteiger partial charge < -0.3 is 19.9 Å². The van der Waals surface area contributed by atoms with Crippen molar-refractivity contribution in [1.29, 1.82) is 0 Å². The quantitative estimate of drug-likeness (QED) is 0.767. The molecule has 1 aromatic carbocycles. The highest BCUT2D eigenvalue weighted by atomic mass is 16.5. The van der Waals surface area contributed by atoms with Gasteiger partial charge in [0, 0.05) is 19.1 Å². The average molecular weight is 324 g/mol. The maximum absolute atomic E-state index is 5.50. The third kappa shape index (κ3) is 2.73. The first-order valence-electron chi connectivity index (χ1n) is 8.14. The Morgan fingerprint density at radius 3 is 3.08 bits per heavy atom. The Balaban J connectivity index is 1.54. The molecule has 0 spiro atoms. The lowest BCUT2D eigenvalue weighted by Crippen LogP contribution is -2.42. The number of aromatic nitrogens is 4. The van der Waals surface area contributed by atoms with Crippen LogP contribution in [0.4, 0.5) is 11.5 Å². The first-order chi connectivity index (χ1) is 11.8. The molecule has 1 unspecified atom stereocenters. The van der Waals surface area contributed by atoms with Gasteiger partial charge in [-0.3, -0.25) is 0 Å². The molecule has 2 aromatic heterocycles. The molecule has 3 aromatic rings. The number of H-pyrrole nitrogens is 1. The van der Waals surface area contributed by atoms with Crippen molar-refractivity contribution < 1.29 is 4.74 Å². The van der Waals surface area contributed by atoms with Gasteiger partial charge in [-0.1, -0.05) is 12.1 Å². The number of anilines is 2. The van der Waals surface area contributed by atoms with Gasteiger partial charge in [-0.05, 0) is 25.0 Å². The smallest absolute Gasteiger partial charge is 0.182 e. The molecule has 4 rings (SSSR count). The monoisotopic (exact) mass is 324 g/mol. The highest BCUT2D eigenvalue weighted by molar-refractivity contribution is 5.82. The van der Waals surface area contributed by atoms with Gasteiger partial charge in [0.05, 0.1) is 19.1 Å². The predicted molar refractivity (Wildman–Crippen MR) is 93.5 cm³/mol. The molecule has 7 heteroatoms. The largest absolute Gasteiger partial charge is 0.495 e. The summed E-state index contributed by atoms with van der Waals surface area (Å²) in [6, 6.07) is 8.47. The van der Waals surface area contributed by atoms with Crippen LogP contribution in [-0.4, -0.2) is 46.2 Å². The number of nitrogens with one attached hydrogen (secondary N) is 2. The van der Waals surface area contributed by atoms with Crippen molar-refractivity contribution in [3.63, 3.8) is 0 Å². The van der Waals surface area contributed by atoms with E-state index < -0.39 is 0 Å². The van der Waals surface area contributed by atoms with E-state index in [0.29, 0.717) is 11.7 Å². The molecule has 2 N–H and O–H groups in total. The van der Waals surface area contributed by atoms with Crippen LogP contribution >= 0.6 is 0 Å². The second-order valence-corrected chi connectivity index (χ2v) is 5.92. The van der Waals surface area contributed by atoms with Crippen LogP contribution in [0.5, 0.6) is 5.75 Å². The molecule has 0 bridgehead atoms. The zero-order valence-electron chi connectivity index (χ0n) is 13.6. The van der Waals surface area contributed by atoms with E-state index in [1.165, 1.54) is 0 Å². The lowest BCUT2D eigenvalue weighted by molar-refractivity contribution is 0.411. The second kappa shape index (κ2) is 6.35. The number of imidazole rings is 1. The summed E-state index contributed by atoms with van der Waals surface area (Å²) in [5.41, 5.74) is 2.68. The molecule has 0 amide bonds. The van der Waals surface area contributed by atoms with Crippen molar-refractivity contribution >= 4 is 22.7 Å². The van der Waals surface area contributed by atoms with E-state index in [4.69, 9.17) is 4.74 Å². The fraction of sp³-hybridized carbons (Fsp3) is 0.353. The van der Waals surface area contributed by atoms with E-state index in [-0.39, 0.29) is 0 Å². The van der Waals surface area contributed by atoms with Gasteiger partial charge >= 0.3 is 0 Å². The third-order valence-electron chi connectivity index (χ3n) is 4.41. The molecule has 1 atom stereocenters. The molecule has 0 radical (unpaired) electrons. The van der Waals surface area contributed by atoms with E-state index >= 15 is 0 Å². The van der Waals surface area contributed by atoms with Crippen molar-refractivity contribution in [3.8, 4) is 5.75 Å². The second-order valence-electron chi connectivity index (χ2n) is 5.92. The summed E-state index contributed by atoms with van der Waals surface area (Å²) in [5, 5.41) is 3.54. The molecule has 7 nitrogen and oxygen atoms in total. The van der Waals surface area contributed by atoms with Crippen LogP contribution in [0.15, 0.2) is 36.9 Å². The minimum absolute atomic E-state index is 0.310.